The molecule has 5 rings (SSSR count). The van der Waals surface area contributed by atoms with Gasteiger partial charge in [-0.15, -0.1) is 0 Å². The average Bonchev–Trinajstić information content (AvgIpc) is 3.45. The molecule has 3 aliphatic rings. The second-order valence-corrected chi connectivity index (χ2v) is 10.3. The van der Waals surface area contributed by atoms with Crippen LogP contribution in [0.3, 0.4) is 0 Å². The van der Waals surface area contributed by atoms with Crippen LogP contribution in [-0.4, -0.2) is 47.1 Å². The van der Waals surface area contributed by atoms with Crippen molar-refractivity contribution in [1.29, 1.82) is 0 Å². The number of rotatable bonds is 8. The van der Waals surface area contributed by atoms with Gasteiger partial charge < -0.3 is 19.2 Å². The minimum atomic E-state index is -0.976. The van der Waals surface area contributed by atoms with Gasteiger partial charge in [0.05, 0.1) is 17.9 Å². The van der Waals surface area contributed by atoms with Crippen LogP contribution >= 0.6 is 0 Å². The smallest absolute Gasteiger partial charge is 0.455 e. The number of aliphatic hydroxyl groups is 1. The van der Waals surface area contributed by atoms with E-state index in [9.17, 15) is 19.7 Å². The lowest BCUT2D eigenvalue weighted by Gasteiger charge is -2.43. The molecule has 2 N–H and O–H groups in total. The van der Waals surface area contributed by atoms with Crippen LogP contribution in [0.4, 0.5) is 0 Å². The molecule has 7 nitrogen and oxygen atoms in total. The second kappa shape index (κ2) is 10.8. The van der Waals surface area contributed by atoms with Gasteiger partial charge in [0.25, 0.3) is 0 Å². The molecular formula is C29H34BNO6. The summed E-state index contributed by atoms with van der Waals surface area (Å²) in [6.07, 6.45) is 5.66. The highest BCUT2D eigenvalue weighted by Gasteiger charge is 2.56. The number of carbonyl (C=O) groups is 2. The standard InChI is InChI=1S/C29H34BNO6/c1-3-7-20-15-23-27(29(34)31(2)28(23)33)24-16-30(35)37-25(26(20)24)13-10-19(18-8-5-4-6-9-18)14-21-11-12-22(17-32)36-21/h4-6,8-9,11-12,14,23-25,27,32,35H,3,7,10,13,15-17H2,1-2H3/b19-14-/t23-,24+,25-,27-/m1/s1. The van der Waals surface area contributed by atoms with Gasteiger partial charge in [-0.1, -0.05) is 49.2 Å². The Morgan fingerprint density at radius 1 is 1.14 bits per heavy atom. The summed E-state index contributed by atoms with van der Waals surface area (Å²) in [5.41, 5.74) is 4.45. The summed E-state index contributed by atoms with van der Waals surface area (Å²) in [6, 6.07) is 13.7. The molecule has 1 aromatic carbocycles. The number of aliphatic hydroxyl groups excluding tert-OH is 1. The number of hydrogen-bond donors (Lipinski definition) is 2. The van der Waals surface area contributed by atoms with Crippen LogP contribution in [0, 0.1) is 17.8 Å². The number of likely N-dealkylation sites (tertiary alicyclic amines) is 1. The molecule has 2 aliphatic heterocycles. The Balaban J connectivity index is 1.47. The highest BCUT2D eigenvalue weighted by atomic mass is 16.5. The molecule has 2 fully saturated rings. The van der Waals surface area contributed by atoms with Crippen molar-refractivity contribution in [2.45, 2.75) is 58.1 Å². The van der Waals surface area contributed by atoms with Crippen LogP contribution in [0.2, 0.25) is 6.32 Å². The van der Waals surface area contributed by atoms with Crippen LogP contribution < -0.4 is 0 Å². The van der Waals surface area contributed by atoms with E-state index in [0.29, 0.717) is 37.1 Å². The number of carbonyl (C=O) groups excluding carboxylic acids is 2. The summed E-state index contributed by atoms with van der Waals surface area (Å²) >= 11 is 0. The molecule has 0 radical (unpaired) electrons. The molecule has 0 bridgehead atoms. The number of amides is 2. The first-order valence-corrected chi connectivity index (χ1v) is 13.2. The first-order chi connectivity index (χ1) is 17.9. The van der Waals surface area contributed by atoms with E-state index in [1.807, 2.05) is 42.5 Å². The van der Waals surface area contributed by atoms with Gasteiger partial charge in [-0.3, -0.25) is 14.5 Å². The van der Waals surface area contributed by atoms with Gasteiger partial charge in [0, 0.05) is 7.05 Å². The predicted octanol–water partition coefficient (Wildman–Crippen LogP) is 4.32. The summed E-state index contributed by atoms with van der Waals surface area (Å²) in [7, 11) is 0.596. The predicted molar refractivity (Wildman–Crippen MR) is 141 cm³/mol. The van der Waals surface area contributed by atoms with Crippen LogP contribution in [0.15, 0.2) is 58.0 Å². The van der Waals surface area contributed by atoms with Crippen LogP contribution in [-0.2, 0) is 20.9 Å². The van der Waals surface area contributed by atoms with Crippen molar-refractivity contribution in [1.82, 2.24) is 4.90 Å². The Morgan fingerprint density at radius 3 is 2.62 bits per heavy atom. The van der Waals surface area contributed by atoms with Crippen molar-refractivity contribution < 1.29 is 28.8 Å². The first-order valence-electron chi connectivity index (χ1n) is 13.2. The number of imide groups is 1. The van der Waals surface area contributed by atoms with E-state index in [1.165, 1.54) is 10.5 Å². The van der Waals surface area contributed by atoms with Crippen molar-refractivity contribution in [3.8, 4) is 0 Å². The van der Waals surface area contributed by atoms with E-state index < -0.39 is 13.0 Å². The third-order valence-electron chi connectivity index (χ3n) is 8.06. The van der Waals surface area contributed by atoms with E-state index in [2.05, 4.69) is 6.92 Å². The summed E-state index contributed by atoms with van der Waals surface area (Å²) in [5, 5.41) is 20.1. The molecule has 1 aliphatic carbocycles. The number of nitrogens with zero attached hydrogens (tertiary/aromatic N) is 1. The fourth-order valence-corrected chi connectivity index (χ4v) is 6.43. The quantitative estimate of drug-likeness (QED) is 0.316. The van der Waals surface area contributed by atoms with Gasteiger partial charge in [0.2, 0.25) is 11.8 Å². The maximum atomic E-state index is 13.1. The maximum absolute atomic E-state index is 13.1. The Hall–Kier alpha value is -2.94. The highest BCUT2D eigenvalue weighted by Crippen LogP contribution is 2.51. The van der Waals surface area contributed by atoms with Gasteiger partial charge in [0.1, 0.15) is 18.1 Å². The number of benzene rings is 1. The van der Waals surface area contributed by atoms with Gasteiger partial charge >= 0.3 is 7.12 Å². The van der Waals surface area contributed by atoms with Crippen LogP contribution in [0.5, 0.6) is 0 Å². The maximum Gasteiger partial charge on any atom is 0.455 e. The molecule has 1 aromatic heterocycles. The van der Waals surface area contributed by atoms with E-state index in [-0.39, 0.29) is 36.4 Å². The first kappa shape index (κ1) is 25.7. The monoisotopic (exact) mass is 503 g/mol. The lowest BCUT2D eigenvalue weighted by Crippen LogP contribution is -2.46. The van der Waals surface area contributed by atoms with Gasteiger partial charge in [-0.2, -0.15) is 0 Å². The van der Waals surface area contributed by atoms with Crippen molar-refractivity contribution in [2.24, 2.45) is 17.8 Å². The van der Waals surface area contributed by atoms with Crippen molar-refractivity contribution in [3.63, 3.8) is 0 Å². The minimum absolute atomic E-state index is 0.102. The van der Waals surface area contributed by atoms with Crippen molar-refractivity contribution >= 4 is 30.6 Å². The molecule has 0 saturated carbocycles. The Labute approximate surface area is 217 Å². The Kier molecular flexibility index (Phi) is 7.51. The van der Waals surface area contributed by atoms with E-state index in [4.69, 9.17) is 9.07 Å². The summed E-state index contributed by atoms with van der Waals surface area (Å²) < 4.78 is 11.9. The molecule has 0 spiro atoms. The normalized spacial score (nSPS) is 26.1. The number of furan rings is 1. The van der Waals surface area contributed by atoms with E-state index in [1.54, 1.807) is 13.1 Å². The van der Waals surface area contributed by atoms with E-state index in [0.717, 1.165) is 29.6 Å². The number of fused-ring (bicyclic) bond motifs is 3. The zero-order chi connectivity index (χ0) is 26.1. The summed E-state index contributed by atoms with van der Waals surface area (Å²) in [6.45, 7) is 1.97. The number of allylic oxidation sites excluding steroid dienone is 2. The molecule has 4 atom stereocenters. The summed E-state index contributed by atoms with van der Waals surface area (Å²) in [4.78, 5) is 27.2. The molecular weight excluding hydrogens is 469 g/mol. The molecule has 2 saturated heterocycles. The SMILES string of the molecule is CCCC1=C2[C@@H](CC/C(=C/c3ccc(CO)o3)c3ccccc3)OB(O)C[C@@H]2[C@@H]2C(=O)N(C)C(=O)[C@@H]2C1. The minimum Gasteiger partial charge on any atom is -0.459 e. The molecule has 3 heterocycles. The van der Waals surface area contributed by atoms with Crippen LogP contribution in [0.25, 0.3) is 11.6 Å². The zero-order valence-electron chi connectivity index (χ0n) is 21.4. The number of hydrogen-bond acceptors (Lipinski definition) is 6. The third-order valence-corrected chi connectivity index (χ3v) is 8.06. The molecule has 2 aromatic rings. The second-order valence-electron chi connectivity index (χ2n) is 10.3. The van der Waals surface area contributed by atoms with Crippen molar-refractivity contribution in [2.75, 3.05) is 7.05 Å². The molecule has 194 valence electrons. The molecule has 8 heteroatoms. The zero-order valence-corrected chi connectivity index (χ0v) is 21.4. The molecule has 0 unspecified atom stereocenters. The lowest BCUT2D eigenvalue weighted by molar-refractivity contribution is -0.138. The van der Waals surface area contributed by atoms with E-state index >= 15 is 0 Å². The molecule has 2 amide bonds. The molecule has 37 heavy (non-hydrogen) atoms. The van der Waals surface area contributed by atoms with Gasteiger partial charge in [-0.25, -0.2) is 0 Å². The Bertz CT molecular complexity index is 1220. The largest absolute Gasteiger partial charge is 0.459 e. The topological polar surface area (TPSA) is 100 Å². The fourth-order valence-electron chi connectivity index (χ4n) is 6.43. The van der Waals surface area contributed by atoms with Crippen molar-refractivity contribution in [3.05, 3.63) is 70.7 Å². The summed E-state index contributed by atoms with van der Waals surface area (Å²) in [5.74, 6) is -0.00580. The highest BCUT2D eigenvalue weighted by molar-refractivity contribution is 6.43. The lowest BCUT2D eigenvalue weighted by atomic mass is 9.58. The van der Waals surface area contributed by atoms with Crippen LogP contribution in [0.1, 0.15) is 56.1 Å². The fraction of sp³-hybridized carbons (Fsp3) is 0.448. The Morgan fingerprint density at radius 2 is 1.92 bits per heavy atom. The van der Waals surface area contributed by atoms with Gasteiger partial charge in [-0.05, 0) is 72.8 Å². The average molecular weight is 503 g/mol. The van der Waals surface area contributed by atoms with Gasteiger partial charge in [0.15, 0.2) is 0 Å². The third kappa shape index (κ3) is 4.98.